The lowest BCUT2D eigenvalue weighted by Crippen LogP contribution is -2.13. The standard InChI is InChI=1S/C25H27NO2/c1-25(2,3)20-14-11-18(12-15-20)13-16-24(28)26-23-10-5-4-9-22(23)19-7-6-8-21(27)17-19/h4-12,14-15,17,27H,13,16H2,1-3H3,(H,26,28). The molecule has 0 radical (unpaired) electrons. The summed E-state index contributed by atoms with van der Waals surface area (Å²) < 4.78 is 0. The highest BCUT2D eigenvalue weighted by Gasteiger charge is 2.13. The van der Waals surface area contributed by atoms with Crippen molar-refractivity contribution < 1.29 is 9.90 Å². The Morgan fingerprint density at radius 1 is 0.929 bits per heavy atom. The van der Waals surface area contributed by atoms with Crippen LogP contribution in [0.25, 0.3) is 11.1 Å². The Balaban J connectivity index is 1.66. The molecule has 3 heteroatoms. The van der Waals surface area contributed by atoms with Crippen molar-refractivity contribution >= 4 is 11.6 Å². The average molecular weight is 373 g/mol. The summed E-state index contributed by atoms with van der Waals surface area (Å²) in [4.78, 5) is 12.5. The first-order valence-corrected chi connectivity index (χ1v) is 9.60. The van der Waals surface area contributed by atoms with Crippen molar-refractivity contribution in [1.29, 1.82) is 0 Å². The fraction of sp³-hybridized carbons (Fsp3) is 0.240. The van der Waals surface area contributed by atoms with Crippen molar-refractivity contribution in [3.8, 4) is 16.9 Å². The first kappa shape index (κ1) is 19.7. The van der Waals surface area contributed by atoms with Crippen LogP contribution < -0.4 is 5.32 Å². The van der Waals surface area contributed by atoms with Gasteiger partial charge in [-0.2, -0.15) is 0 Å². The van der Waals surface area contributed by atoms with Crippen LogP contribution in [0.4, 0.5) is 5.69 Å². The van der Waals surface area contributed by atoms with E-state index in [0.717, 1.165) is 22.4 Å². The zero-order chi connectivity index (χ0) is 20.1. The van der Waals surface area contributed by atoms with E-state index in [1.54, 1.807) is 18.2 Å². The van der Waals surface area contributed by atoms with Gasteiger partial charge in [-0.05, 0) is 46.7 Å². The molecule has 2 N–H and O–H groups in total. The zero-order valence-electron chi connectivity index (χ0n) is 16.7. The molecule has 3 aromatic carbocycles. The summed E-state index contributed by atoms with van der Waals surface area (Å²) >= 11 is 0. The van der Waals surface area contributed by atoms with E-state index in [4.69, 9.17) is 0 Å². The van der Waals surface area contributed by atoms with Gasteiger partial charge in [-0.15, -0.1) is 0 Å². The second-order valence-electron chi connectivity index (χ2n) is 8.09. The van der Waals surface area contributed by atoms with Crippen molar-refractivity contribution in [3.05, 3.63) is 83.9 Å². The number of phenols is 1. The minimum Gasteiger partial charge on any atom is -0.508 e. The van der Waals surface area contributed by atoms with Gasteiger partial charge in [0.25, 0.3) is 0 Å². The topological polar surface area (TPSA) is 49.3 Å². The maximum atomic E-state index is 12.5. The molecule has 0 aliphatic rings. The van der Waals surface area contributed by atoms with E-state index < -0.39 is 0 Å². The second-order valence-corrected chi connectivity index (χ2v) is 8.09. The molecule has 3 nitrogen and oxygen atoms in total. The predicted molar refractivity (Wildman–Crippen MR) is 116 cm³/mol. The molecule has 0 aliphatic carbocycles. The monoisotopic (exact) mass is 373 g/mol. The number of carbonyl (C=O) groups is 1. The number of rotatable bonds is 5. The van der Waals surface area contributed by atoms with Gasteiger partial charge in [-0.1, -0.05) is 75.4 Å². The lowest BCUT2D eigenvalue weighted by Gasteiger charge is -2.19. The van der Waals surface area contributed by atoms with Gasteiger partial charge < -0.3 is 10.4 Å². The molecule has 0 fully saturated rings. The van der Waals surface area contributed by atoms with Crippen molar-refractivity contribution in [2.24, 2.45) is 0 Å². The molecule has 0 saturated heterocycles. The highest BCUT2D eigenvalue weighted by molar-refractivity contribution is 5.95. The first-order valence-electron chi connectivity index (χ1n) is 9.60. The molecule has 0 aliphatic heterocycles. The fourth-order valence-corrected chi connectivity index (χ4v) is 3.16. The molecule has 144 valence electrons. The SMILES string of the molecule is CC(C)(C)c1ccc(CCC(=O)Nc2ccccc2-c2cccc(O)c2)cc1. The number of anilines is 1. The number of aryl methyl sites for hydroxylation is 1. The van der Waals surface area contributed by atoms with Crippen LogP contribution in [-0.4, -0.2) is 11.0 Å². The smallest absolute Gasteiger partial charge is 0.224 e. The molecule has 28 heavy (non-hydrogen) atoms. The summed E-state index contributed by atoms with van der Waals surface area (Å²) in [6.45, 7) is 6.58. The van der Waals surface area contributed by atoms with E-state index in [2.05, 4.69) is 50.4 Å². The molecular weight excluding hydrogens is 346 g/mol. The average Bonchev–Trinajstić information content (AvgIpc) is 2.66. The Kier molecular flexibility index (Phi) is 5.84. The van der Waals surface area contributed by atoms with Crippen LogP contribution in [0.1, 0.15) is 38.3 Å². The molecule has 0 bridgehead atoms. The minimum atomic E-state index is -0.0208. The zero-order valence-corrected chi connectivity index (χ0v) is 16.7. The summed E-state index contributed by atoms with van der Waals surface area (Å²) in [7, 11) is 0. The molecule has 0 aromatic heterocycles. The van der Waals surface area contributed by atoms with Gasteiger partial charge in [0.2, 0.25) is 5.91 Å². The Bertz CT molecular complexity index is 953. The molecule has 0 saturated carbocycles. The predicted octanol–water partition coefficient (Wildman–Crippen LogP) is 5.93. The van der Waals surface area contributed by atoms with E-state index >= 15 is 0 Å². The number of amides is 1. The van der Waals surface area contributed by atoms with E-state index in [-0.39, 0.29) is 17.1 Å². The molecule has 3 aromatic rings. The van der Waals surface area contributed by atoms with Crippen molar-refractivity contribution in [2.75, 3.05) is 5.32 Å². The number of para-hydroxylation sites is 1. The third kappa shape index (κ3) is 5.01. The Hall–Kier alpha value is -3.07. The van der Waals surface area contributed by atoms with E-state index in [0.29, 0.717) is 12.8 Å². The van der Waals surface area contributed by atoms with E-state index in [1.165, 1.54) is 5.56 Å². The van der Waals surface area contributed by atoms with Gasteiger partial charge in [0.05, 0.1) is 0 Å². The van der Waals surface area contributed by atoms with Crippen LogP contribution in [0, 0.1) is 0 Å². The van der Waals surface area contributed by atoms with Gasteiger partial charge in [-0.25, -0.2) is 0 Å². The maximum Gasteiger partial charge on any atom is 0.224 e. The first-order chi connectivity index (χ1) is 13.3. The number of nitrogens with one attached hydrogen (secondary N) is 1. The van der Waals surface area contributed by atoms with E-state index in [9.17, 15) is 9.90 Å². The van der Waals surface area contributed by atoms with Gasteiger partial charge >= 0.3 is 0 Å². The van der Waals surface area contributed by atoms with E-state index in [1.807, 2.05) is 30.3 Å². The van der Waals surface area contributed by atoms with Gasteiger partial charge in [0.15, 0.2) is 0 Å². The van der Waals surface area contributed by atoms with Gasteiger partial charge in [-0.3, -0.25) is 4.79 Å². The van der Waals surface area contributed by atoms with Crippen LogP contribution in [0.3, 0.4) is 0 Å². The summed E-state index contributed by atoms with van der Waals surface area (Å²) in [5.74, 6) is 0.185. The number of benzene rings is 3. The Morgan fingerprint density at radius 3 is 2.32 bits per heavy atom. The summed E-state index contributed by atoms with van der Waals surface area (Å²) in [5.41, 5.74) is 5.09. The van der Waals surface area contributed by atoms with Gasteiger partial charge in [0, 0.05) is 17.7 Å². The quantitative estimate of drug-likeness (QED) is 0.582. The second kappa shape index (κ2) is 8.30. The van der Waals surface area contributed by atoms with Crippen LogP contribution in [-0.2, 0) is 16.6 Å². The van der Waals surface area contributed by atoms with Crippen molar-refractivity contribution in [3.63, 3.8) is 0 Å². The van der Waals surface area contributed by atoms with Crippen molar-refractivity contribution in [1.82, 2.24) is 0 Å². The maximum absolute atomic E-state index is 12.5. The molecule has 0 heterocycles. The van der Waals surface area contributed by atoms with Gasteiger partial charge in [0.1, 0.15) is 5.75 Å². The number of aromatic hydroxyl groups is 1. The molecule has 0 unspecified atom stereocenters. The van der Waals surface area contributed by atoms with Crippen LogP contribution in [0.2, 0.25) is 0 Å². The summed E-state index contributed by atoms with van der Waals surface area (Å²) in [5, 5.41) is 12.8. The lowest BCUT2D eigenvalue weighted by atomic mass is 9.86. The Morgan fingerprint density at radius 2 is 1.64 bits per heavy atom. The van der Waals surface area contributed by atoms with Crippen LogP contribution >= 0.6 is 0 Å². The molecule has 0 atom stereocenters. The molecule has 0 spiro atoms. The van der Waals surface area contributed by atoms with Crippen LogP contribution in [0.15, 0.2) is 72.8 Å². The third-order valence-electron chi connectivity index (χ3n) is 4.82. The molecule has 3 rings (SSSR count). The Labute approximate surface area is 167 Å². The number of carbonyl (C=O) groups excluding carboxylic acids is 1. The minimum absolute atomic E-state index is 0.0208. The fourth-order valence-electron chi connectivity index (χ4n) is 3.16. The number of phenolic OH excluding ortho intramolecular Hbond substituents is 1. The highest BCUT2D eigenvalue weighted by Crippen LogP contribution is 2.30. The largest absolute Gasteiger partial charge is 0.508 e. The van der Waals surface area contributed by atoms with Crippen LogP contribution in [0.5, 0.6) is 5.75 Å². The molecule has 1 amide bonds. The summed E-state index contributed by atoms with van der Waals surface area (Å²) in [6, 6.07) is 23.2. The number of hydrogen-bond donors (Lipinski definition) is 2. The normalized spacial score (nSPS) is 11.2. The lowest BCUT2D eigenvalue weighted by molar-refractivity contribution is -0.116. The highest BCUT2D eigenvalue weighted by atomic mass is 16.3. The number of hydrogen-bond acceptors (Lipinski definition) is 2. The molecular formula is C25H27NO2. The van der Waals surface area contributed by atoms with Crippen molar-refractivity contribution in [2.45, 2.75) is 39.0 Å². The summed E-state index contributed by atoms with van der Waals surface area (Å²) in [6.07, 6.45) is 1.12. The third-order valence-corrected chi connectivity index (χ3v) is 4.82.